The van der Waals surface area contributed by atoms with Crippen molar-refractivity contribution in [2.75, 3.05) is 18.2 Å². The maximum atomic E-state index is 12.6. The molecule has 3 N–H and O–H groups in total. The fourth-order valence-corrected chi connectivity index (χ4v) is 3.88. The van der Waals surface area contributed by atoms with E-state index in [1.807, 2.05) is 0 Å². The lowest BCUT2D eigenvalue weighted by atomic mass is 10.2. The third kappa shape index (κ3) is 3.17. The fourth-order valence-electron chi connectivity index (χ4n) is 2.74. The summed E-state index contributed by atoms with van der Waals surface area (Å²) in [5.74, 6) is -0.841. The predicted molar refractivity (Wildman–Crippen MR) is 74.1 cm³/mol. The first-order valence-electron chi connectivity index (χ1n) is 6.67. The summed E-state index contributed by atoms with van der Waals surface area (Å²) < 4.78 is 0. The zero-order chi connectivity index (χ0) is 14.7. The maximum absolute atomic E-state index is 12.6. The molecule has 3 amide bonds. The van der Waals surface area contributed by atoms with Crippen LogP contribution in [0.3, 0.4) is 0 Å². The van der Waals surface area contributed by atoms with Crippen molar-refractivity contribution in [1.29, 1.82) is 0 Å². The van der Waals surface area contributed by atoms with E-state index in [2.05, 4.69) is 0 Å². The zero-order valence-electron chi connectivity index (χ0n) is 11.2. The SMILES string of the molecule is NC(=O)CN(C(=O)N1CSC[C@H]1C(=O)O)C1CCCC1. The van der Waals surface area contributed by atoms with Crippen molar-refractivity contribution < 1.29 is 19.5 Å². The number of primary amides is 1. The molecule has 1 saturated heterocycles. The molecular formula is C12H19N3O4S. The molecule has 0 aromatic carbocycles. The molecule has 1 aliphatic heterocycles. The monoisotopic (exact) mass is 301 g/mol. The van der Waals surface area contributed by atoms with Crippen LogP contribution in [0.15, 0.2) is 0 Å². The van der Waals surface area contributed by atoms with Gasteiger partial charge >= 0.3 is 12.0 Å². The minimum atomic E-state index is -1.01. The Kier molecular flexibility index (Phi) is 4.74. The molecule has 2 rings (SSSR count). The van der Waals surface area contributed by atoms with E-state index in [0.717, 1.165) is 25.7 Å². The number of carboxylic acid groups (broad SMARTS) is 1. The topological polar surface area (TPSA) is 104 Å². The molecule has 2 fully saturated rings. The molecule has 1 heterocycles. The van der Waals surface area contributed by atoms with Gasteiger partial charge in [-0.1, -0.05) is 12.8 Å². The lowest BCUT2D eigenvalue weighted by Crippen LogP contribution is -2.53. The Bertz CT molecular complexity index is 412. The Labute approximate surface area is 121 Å². The van der Waals surface area contributed by atoms with E-state index in [-0.39, 0.29) is 18.6 Å². The molecule has 0 unspecified atom stereocenters. The second kappa shape index (κ2) is 6.34. The van der Waals surface area contributed by atoms with Gasteiger partial charge in [0.1, 0.15) is 12.6 Å². The van der Waals surface area contributed by atoms with Crippen LogP contribution in [0.2, 0.25) is 0 Å². The second-order valence-corrected chi connectivity index (χ2v) is 6.14. The highest BCUT2D eigenvalue weighted by Gasteiger charge is 2.39. The van der Waals surface area contributed by atoms with Crippen molar-refractivity contribution in [2.45, 2.75) is 37.8 Å². The van der Waals surface area contributed by atoms with Crippen LogP contribution >= 0.6 is 11.8 Å². The number of nitrogens with two attached hydrogens (primary N) is 1. The molecule has 0 spiro atoms. The van der Waals surface area contributed by atoms with E-state index in [1.165, 1.54) is 21.6 Å². The number of thioether (sulfide) groups is 1. The molecule has 20 heavy (non-hydrogen) atoms. The van der Waals surface area contributed by atoms with Crippen LogP contribution in [0.4, 0.5) is 4.79 Å². The van der Waals surface area contributed by atoms with Crippen molar-refractivity contribution in [3.05, 3.63) is 0 Å². The number of rotatable bonds is 4. The molecule has 8 heteroatoms. The zero-order valence-corrected chi connectivity index (χ0v) is 12.0. The molecule has 1 saturated carbocycles. The summed E-state index contributed by atoms with van der Waals surface area (Å²) in [5, 5.41) is 9.14. The third-order valence-electron chi connectivity index (χ3n) is 3.75. The summed E-state index contributed by atoms with van der Waals surface area (Å²) >= 11 is 1.41. The van der Waals surface area contributed by atoms with E-state index in [4.69, 9.17) is 10.8 Å². The Morgan fingerprint density at radius 1 is 1.30 bits per heavy atom. The van der Waals surface area contributed by atoms with Crippen LogP contribution in [-0.4, -0.2) is 63.1 Å². The van der Waals surface area contributed by atoms with Crippen LogP contribution in [0, 0.1) is 0 Å². The van der Waals surface area contributed by atoms with Gasteiger partial charge < -0.3 is 20.6 Å². The smallest absolute Gasteiger partial charge is 0.327 e. The van der Waals surface area contributed by atoms with E-state index in [9.17, 15) is 14.4 Å². The van der Waals surface area contributed by atoms with Gasteiger partial charge in [-0.2, -0.15) is 0 Å². The minimum Gasteiger partial charge on any atom is -0.480 e. The lowest BCUT2D eigenvalue weighted by molar-refractivity contribution is -0.141. The molecule has 0 bridgehead atoms. The van der Waals surface area contributed by atoms with Gasteiger partial charge in [-0.25, -0.2) is 9.59 Å². The summed E-state index contributed by atoms with van der Waals surface area (Å²) in [7, 11) is 0. The van der Waals surface area contributed by atoms with Gasteiger partial charge in [0.25, 0.3) is 0 Å². The number of carbonyl (C=O) groups is 3. The highest BCUT2D eigenvalue weighted by Crippen LogP contribution is 2.28. The average molecular weight is 301 g/mol. The molecular weight excluding hydrogens is 282 g/mol. The van der Waals surface area contributed by atoms with Gasteiger partial charge in [0, 0.05) is 11.8 Å². The van der Waals surface area contributed by atoms with Gasteiger partial charge in [0.15, 0.2) is 0 Å². The molecule has 7 nitrogen and oxygen atoms in total. The van der Waals surface area contributed by atoms with Crippen LogP contribution in [-0.2, 0) is 9.59 Å². The number of hydrogen-bond acceptors (Lipinski definition) is 4. The number of nitrogens with zero attached hydrogens (tertiary/aromatic N) is 2. The first kappa shape index (κ1) is 15.0. The van der Waals surface area contributed by atoms with Gasteiger partial charge in [0.05, 0.1) is 5.88 Å². The largest absolute Gasteiger partial charge is 0.480 e. The Balaban J connectivity index is 2.12. The number of amides is 3. The Hall–Kier alpha value is -1.44. The molecule has 112 valence electrons. The molecule has 2 aliphatic rings. The van der Waals surface area contributed by atoms with Crippen molar-refractivity contribution >= 4 is 29.7 Å². The van der Waals surface area contributed by atoms with Gasteiger partial charge in [-0.15, -0.1) is 11.8 Å². The van der Waals surface area contributed by atoms with Crippen LogP contribution in [0.25, 0.3) is 0 Å². The summed E-state index contributed by atoms with van der Waals surface area (Å²) in [5.41, 5.74) is 5.22. The highest BCUT2D eigenvalue weighted by molar-refractivity contribution is 7.99. The minimum absolute atomic E-state index is 0.00459. The summed E-state index contributed by atoms with van der Waals surface area (Å²) in [6.07, 6.45) is 3.73. The van der Waals surface area contributed by atoms with Crippen molar-refractivity contribution in [3.63, 3.8) is 0 Å². The molecule has 0 radical (unpaired) electrons. The number of hydrogen-bond donors (Lipinski definition) is 2. The quantitative estimate of drug-likeness (QED) is 0.777. The lowest BCUT2D eigenvalue weighted by Gasteiger charge is -2.33. The number of urea groups is 1. The second-order valence-electron chi connectivity index (χ2n) is 5.14. The van der Waals surface area contributed by atoms with Gasteiger partial charge in [0.2, 0.25) is 5.91 Å². The number of carboxylic acids is 1. The molecule has 1 atom stereocenters. The Morgan fingerprint density at radius 3 is 2.50 bits per heavy atom. The van der Waals surface area contributed by atoms with Crippen LogP contribution in [0.1, 0.15) is 25.7 Å². The standard InChI is InChI=1S/C12H19N3O4S/c13-10(16)5-14(8-3-1-2-4-8)12(19)15-7-20-6-9(15)11(17)18/h8-9H,1-7H2,(H2,13,16)(H,17,18)/t9-/m0/s1. The molecule has 1 aliphatic carbocycles. The Morgan fingerprint density at radius 2 is 1.95 bits per heavy atom. The normalized spacial score (nSPS) is 23.0. The molecule has 0 aromatic rings. The number of aliphatic carboxylic acids is 1. The van der Waals surface area contributed by atoms with Crippen molar-refractivity contribution in [2.24, 2.45) is 5.73 Å². The maximum Gasteiger partial charge on any atom is 0.327 e. The highest BCUT2D eigenvalue weighted by atomic mass is 32.2. The van der Waals surface area contributed by atoms with Crippen LogP contribution < -0.4 is 5.73 Å². The van der Waals surface area contributed by atoms with E-state index in [0.29, 0.717) is 11.6 Å². The first-order chi connectivity index (χ1) is 9.50. The summed E-state index contributed by atoms with van der Waals surface area (Å²) in [6.45, 7) is -0.142. The third-order valence-corrected chi connectivity index (χ3v) is 4.76. The van der Waals surface area contributed by atoms with Gasteiger partial charge in [-0.3, -0.25) is 4.79 Å². The van der Waals surface area contributed by atoms with Crippen LogP contribution in [0.5, 0.6) is 0 Å². The van der Waals surface area contributed by atoms with Crippen molar-refractivity contribution in [3.8, 4) is 0 Å². The summed E-state index contributed by atoms with van der Waals surface area (Å²) in [4.78, 5) is 37.7. The number of carbonyl (C=O) groups excluding carboxylic acids is 2. The van der Waals surface area contributed by atoms with Crippen molar-refractivity contribution in [1.82, 2.24) is 9.80 Å². The van der Waals surface area contributed by atoms with E-state index in [1.54, 1.807) is 0 Å². The fraction of sp³-hybridized carbons (Fsp3) is 0.750. The predicted octanol–water partition coefficient (Wildman–Crippen LogP) is 0.296. The first-order valence-corrected chi connectivity index (χ1v) is 7.82. The molecule has 0 aromatic heterocycles. The summed E-state index contributed by atoms with van der Waals surface area (Å²) in [6, 6.07) is -1.20. The van der Waals surface area contributed by atoms with E-state index < -0.39 is 17.9 Å². The van der Waals surface area contributed by atoms with Gasteiger partial charge in [-0.05, 0) is 12.8 Å². The average Bonchev–Trinajstić information content (AvgIpc) is 3.05. The van der Waals surface area contributed by atoms with E-state index >= 15 is 0 Å².